The Hall–Kier alpha value is -1.10. The number of carbonyl (C=O) groups is 2. The second-order valence-corrected chi connectivity index (χ2v) is 2.57. The predicted molar refractivity (Wildman–Crippen MR) is 41.3 cm³/mol. The maximum Gasteiger partial charge on any atom is 0.323 e. The normalized spacial score (nSPS) is 22.2. The summed E-state index contributed by atoms with van der Waals surface area (Å²) in [4.78, 5) is 21.4. The molecule has 0 aromatic rings. The number of nitrogens with one attached hydrogen (secondary N) is 2. The van der Waals surface area contributed by atoms with Gasteiger partial charge in [0.05, 0.1) is 0 Å². The van der Waals surface area contributed by atoms with E-state index in [1.54, 1.807) is 0 Å². The van der Waals surface area contributed by atoms with Gasteiger partial charge in [-0.2, -0.15) is 0 Å². The van der Waals surface area contributed by atoms with Crippen molar-refractivity contribution < 1.29 is 14.3 Å². The van der Waals surface area contributed by atoms with Crippen LogP contribution in [-0.2, 0) is 9.53 Å². The molecule has 1 heterocycles. The molecule has 1 atom stereocenters. The monoisotopic (exact) mass is 172 g/mol. The fourth-order valence-corrected chi connectivity index (χ4v) is 0.861. The average Bonchev–Trinajstić information content (AvgIpc) is 2.31. The molecule has 0 aromatic carbocycles. The number of carbonyl (C=O) groups excluding carboxylic acids is 2. The van der Waals surface area contributed by atoms with E-state index in [1.165, 1.54) is 0 Å². The lowest BCUT2D eigenvalue weighted by molar-refractivity contribution is -0.130. The number of imide groups is 1. The molecule has 0 spiro atoms. The zero-order valence-corrected chi connectivity index (χ0v) is 6.92. The summed E-state index contributed by atoms with van der Waals surface area (Å²) in [5.74, 6) is -0.406. The third kappa shape index (κ3) is 2.20. The number of unbranched alkanes of at least 4 members (excludes halogenated alkanes) is 1. The van der Waals surface area contributed by atoms with Crippen LogP contribution in [0.3, 0.4) is 0 Å². The summed E-state index contributed by atoms with van der Waals surface area (Å²) >= 11 is 0. The Bertz CT molecular complexity index is 193. The van der Waals surface area contributed by atoms with Gasteiger partial charge in [0.15, 0.2) is 0 Å². The molecule has 3 amide bonds. The van der Waals surface area contributed by atoms with E-state index in [0.717, 1.165) is 12.8 Å². The average molecular weight is 172 g/mol. The van der Waals surface area contributed by atoms with Crippen molar-refractivity contribution in [2.45, 2.75) is 26.0 Å². The number of urea groups is 1. The lowest BCUT2D eigenvalue weighted by Crippen LogP contribution is -2.32. The van der Waals surface area contributed by atoms with Crippen molar-refractivity contribution in [3.63, 3.8) is 0 Å². The van der Waals surface area contributed by atoms with Crippen LogP contribution in [0.2, 0.25) is 0 Å². The molecule has 1 aliphatic rings. The number of hydrogen-bond acceptors (Lipinski definition) is 3. The predicted octanol–water partition coefficient (Wildman–Crippen LogP) is -0.0314. The molecule has 5 nitrogen and oxygen atoms in total. The third-order valence-electron chi connectivity index (χ3n) is 1.52. The van der Waals surface area contributed by atoms with E-state index in [0.29, 0.717) is 6.61 Å². The highest BCUT2D eigenvalue weighted by Gasteiger charge is 2.29. The zero-order chi connectivity index (χ0) is 8.97. The largest absolute Gasteiger partial charge is 0.349 e. The highest BCUT2D eigenvalue weighted by Crippen LogP contribution is 1.97. The Balaban J connectivity index is 2.24. The van der Waals surface area contributed by atoms with Crippen LogP contribution in [0.4, 0.5) is 4.79 Å². The van der Waals surface area contributed by atoms with E-state index >= 15 is 0 Å². The highest BCUT2D eigenvalue weighted by molar-refractivity contribution is 6.03. The van der Waals surface area contributed by atoms with Crippen LogP contribution in [0.25, 0.3) is 0 Å². The van der Waals surface area contributed by atoms with Gasteiger partial charge in [-0.25, -0.2) is 4.79 Å². The molecule has 1 aliphatic heterocycles. The molecule has 5 heteroatoms. The summed E-state index contributed by atoms with van der Waals surface area (Å²) in [5, 5.41) is 4.42. The minimum absolute atomic E-state index is 0.406. The first-order valence-electron chi connectivity index (χ1n) is 3.97. The summed E-state index contributed by atoms with van der Waals surface area (Å²) < 4.78 is 5.08. The SMILES string of the molecule is CCCCOC1NC(=O)NC1=O. The molecule has 0 bridgehead atoms. The molecule has 0 aromatic heterocycles. The van der Waals surface area contributed by atoms with Crippen LogP contribution >= 0.6 is 0 Å². The van der Waals surface area contributed by atoms with Crippen LogP contribution in [-0.4, -0.2) is 24.8 Å². The summed E-state index contributed by atoms with van der Waals surface area (Å²) in [5.41, 5.74) is 0. The van der Waals surface area contributed by atoms with Gasteiger partial charge in [-0.15, -0.1) is 0 Å². The van der Waals surface area contributed by atoms with Crippen molar-refractivity contribution >= 4 is 11.9 Å². The maximum atomic E-state index is 10.9. The van der Waals surface area contributed by atoms with Crippen molar-refractivity contribution in [1.82, 2.24) is 10.6 Å². The van der Waals surface area contributed by atoms with E-state index in [4.69, 9.17) is 4.74 Å². The van der Waals surface area contributed by atoms with Crippen LogP contribution in [0, 0.1) is 0 Å². The number of ether oxygens (including phenoxy) is 1. The van der Waals surface area contributed by atoms with Gasteiger partial charge < -0.3 is 10.1 Å². The molecule has 1 rings (SSSR count). The Morgan fingerprint density at radius 3 is 2.75 bits per heavy atom. The van der Waals surface area contributed by atoms with E-state index < -0.39 is 18.2 Å². The van der Waals surface area contributed by atoms with Gasteiger partial charge >= 0.3 is 6.03 Å². The van der Waals surface area contributed by atoms with Gasteiger partial charge in [0.1, 0.15) is 0 Å². The molecular formula is C7H12N2O3. The van der Waals surface area contributed by atoms with E-state index in [2.05, 4.69) is 10.6 Å². The molecule has 68 valence electrons. The van der Waals surface area contributed by atoms with Crippen molar-refractivity contribution in [3.8, 4) is 0 Å². The zero-order valence-electron chi connectivity index (χ0n) is 6.92. The van der Waals surface area contributed by atoms with E-state index in [-0.39, 0.29) is 0 Å². The van der Waals surface area contributed by atoms with Crippen LogP contribution in [0.15, 0.2) is 0 Å². The number of rotatable bonds is 4. The molecule has 0 radical (unpaired) electrons. The first kappa shape index (κ1) is 8.99. The summed E-state index contributed by atoms with van der Waals surface area (Å²) in [6.45, 7) is 2.52. The Kier molecular flexibility index (Phi) is 3.04. The first-order valence-corrected chi connectivity index (χ1v) is 3.97. The molecule has 1 unspecified atom stereocenters. The lowest BCUT2D eigenvalue weighted by Gasteiger charge is -2.07. The van der Waals surface area contributed by atoms with Crippen LogP contribution < -0.4 is 10.6 Å². The minimum Gasteiger partial charge on any atom is -0.349 e. The van der Waals surface area contributed by atoms with E-state index in [9.17, 15) is 9.59 Å². The number of hydrogen-bond donors (Lipinski definition) is 2. The Labute approximate surface area is 70.5 Å². The topological polar surface area (TPSA) is 67.4 Å². The fourth-order valence-electron chi connectivity index (χ4n) is 0.861. The van der Waals surface area contributed by atoms with Gasteiger partial charge in [-0.1, -0.05) is 13.3 Å². The van der Waals surface area contributed by atoms with Crippen LogP contribution in [0.5, 0.6) is 0 Å². The maximum absolute atomic E-state index is 10.9. The first-order chi connectivity index (χ1) is 5.74. The van der Waals surface area contributed by atoms with E-state index in [1.807, 2.05) is 6.92 Å². The van der Waals surface area contributed by atoms with Gasteiger partial charge in [0.2, 0.25) is 6.23 Å². The Morgan fingerprint density at radius 2 is 2.25 bits per heavy atom. The molecule has 1 fully saturated rings. The minimum atomic E-state index is -0.788. The standard InChI is InChI=1S/C7H12N2O3/c1-2-3-4-12-6-5(10)8-7(11)9-6/h6H,2-4H2,1H3,(H2,8,9,10,11). The molecule has 12 heavy (non-hydrogen) atoms. The second kappa shape index (κ2) is 4.06. The van der Waals surface area contributed by atoms with Crippen molar-refractivity contribution in [1.29, 1.82) is 0 Å². The smallest absolute Gasteiger partial charge is 0.323 e. The van der Waals surface area contributed by atoms with Gasteiger partial charge in [0, 0.05) is 6.61 Å². The lowest BCUT2D eigenvalue weighted by atomic mass is 10.4. The summed E-state index contributed by atoms with van der Waals surface area (Å²) in [6.07, 6.45) is 1.10. The molecule has 1 saturated heterocycles. The van der Waals surface area contributed by atoms with Crippen molar-refractivity contribution in [3.05, 3.63) is 0 Å². The molecule has 0 aliphatic carbocycles. The molecular weight excluding hydrogens is 160 g/mol. The van der Waals surface area contributed by atoms with Crippen LogP contribution in [0.1, 0.15) is 19.8 Å². The highest BCUT2D eigenvalue weighted by atomic mass is 16.5. The number of amides is 3. The molecule has 2 N–H and O–H groups in total. The third-order valence-corrected chi connectivity index (χ3v) is 1.52. The second-order valence-electron chi connectivity index (χ2n) is 2.57. The summed E-state index contributed by atoms with van der Waals surface area (Å²) in [7, 11) is 0. The van der Waals surface area contributed by atoms with Gasteiger partial charge in [0.25, 0.3) is 5.91 Å². The Morgan fingerprint density at radius 1 is 1.50 bits per heavy atom. The fraction of sp³-hybridized carbons (Fsp3) is 0.714. The summed E-state index contributed by atoms with van der Waals surface area (Å²) in [6, 6.07) is -0.485. The van der Waals surface area contributed by atoms with Gasteiger partial charge in [-0.3, -0.25) is 10.1 Å². The van der Waals surface area contributed by atoms with Crippen molar-refractivity contribution in [2.75, 3.05) is 6.61 Å². The quantitative estimate of drug-likeness (QED) is 0.462. The molecule has 0 saturated carbocycles. The van der Waals surface area contributed by atoms with Gasteiger partial charge in [-0.05, 0) is 6.42 Å². The van der Waals surface area contributed by atoms with Crippen molar-refractivity contribution in [2.24, 2.45) is 0 Å².